The second-order valence-electron chi connectivity index (χ2n) is 8.20. The zero-order valence-corrected chi connectivity index (χ0v) is 20.3. The largest absolute Gasteiger partial charge is 0.204 e. The van der Waals surface area contributed by atoms with Crippen LogP contribution in [0.5, 0.6) is 0 Å². The number of halogens is 4. The van der Waals surface area contributed by atoms with E-state index >= 15 is 0 Å². The van der Waals surface area contributed by atoms with Crippen LogP contribution in [0.1, 0.15) is 76.3 Å². The maximum atomic E-state index is 14.5. The molecular weight excluding hydrogens is 452 g/mol. The summed E-state index contributed by atoms with van der Waals surface area (Å²) < 4.78 is 56.8. The molecule has 0 nitrogen and oxygen atoms in total. The number of thiophene rings is 2. The lowest BCUT2D eigenvalue weighted by atomic mass is 10.0. The van der Waals surface area contributed by atoms with Crippen molar-refractivity contribution < 1.29 is 17.6 Å². The molecule has 0 aliphatic carbocycles. The summed E-state index contributed by atoms with van der Waals surface area (Å²) in [6.45, 7) is 4.33. The average molecular weight is 483 g/mol. The number of aryl methyl sites for hydroxylation is 2. The topological polar surface area (TPSA) is 0 Å². The molecule has 1 aromatic carbocycles. The second kappa shape index (κ2) is 12.0. The molecule has 6 heteroatoms. The molecule has 0 unspecified atom stereocenters. The molecule has 3 rings (SSSR count). The molecule has 0 fully saturated rings. The van der Waals surface area contributed by atoms with Crippen molar-refractivity contribution in [2.45, 2.75) is 78.1 Å². The van der Waals surface area contributed by atoms with E-state index in [0.717, 1.165) is 60.3 Å². The van der Waals surface area contributed by atoms with E-state index in [1.54, 1.807) is 17.4 Å². The molecule has 0 spiro atoms. The van der Waals surface area contributed by atoms with Crippen LogP contribution in [0.15, 0.2) is 23.6 Å². The van der Waals surface area contributed by atoms with E-state index in [2.05, 4.69) is 19.9 Å². The van der Waals surface area contributed by atoms with Crippen LogP contribution >= 0.6 is 22.7 Å². The fraction of sp³-hybridized carbons (Fsp3) is 0.462. The van der Waals surface area contributed by atoms with E-state index in [1.807, 2.05) is 5.38 Å². The molecule has 0 atom stereocenters. The first-order valence-corrected chi connectivity index (χ1v) is 13.2. The van der Waals surface area contributed by atoms with Crippen molar-refractivity contribution in [3.05, 3.63) is 58.0 Å². The molecule has 0 saturated heterocycles. The minimum atomic E-state index is -1.37. The van der Waals surface area contributed by atoms with Crippen molar-refractivity contribution >= 4 is 22.7 Å². The quantitative estimate of drug-likeness (QED) is 0.137. The minimum absolute atomic E-state index is 0.240. The Balaban J connectivity index is 2.00. The lowest BCUT2D eigenvalue weighted by Gasteiger charge is -2.06. The Morgan fingerprint density at radius 3 is 1.88 bits per heavy atom. The van der Waals surface area contributed by atoms with Gasteiger partial charge < -0.3 is 0 Å². The van der Waals surface area contributed by atoms with Gasteiger partial charge in [-0.3, -0.25) is 0 Å². The number of benzene rings is 1. The monoisotopic (exact) mass is 482 g/mol. The third-order valence-electron chi connectivity index (χ3n) is 5.72. The summed E-state index contributed by atoms with van der Waals surface area (Å²) in [7, 11) is 0. The number of unbranched alkanes of at least 4 members (excludes halogenated alkanes) is 6. The predicted molar refractivity (Wildman–Crippen MR) is 129 cm³/mol. The van der Waals surface area contributed by atoms with Crippen molar-refractivity contribution in [1.29, 1.82) is 0 Å². The van der Waals surface area contributed by atoms with Crippen molar-refractivity contribution in [3.63, 3.8) is 0 Å². The molecular formula is C26H30F4S2. The average Bonchev–Trinajstić information content (AvgIpc) is 3.40. The molecule has 0 aliphatic heterocycles. The molecule has 0 amide bonds. The fourth-order valence-corrected chi connectivity index (χ4v) is 6.35. The first-order valence-electron chi connectivity index (χ1n) is 11.5. The van der Waals surface area contributed by atoms with Crippen LogP contribution in [-0.4, -0.2) is 0 Å². The highest BCUT2D eigenvalue weighted by Gasteiger charge is 2.24. The van der Waals surface area contributed by atoms with Gasteiger partial charge in [0.1, 0.15) is 0 Å². The molecule has 3 aromatic rings. The Bertz CT molecular complexity index is 993. The number of hydrogen-bond acceptors (Lipinski definition) is 2. The third-order valence-corrected chi connectivity index (χ3v) is 8.04. The fourth-order valence-electron chi connectivity index (χ4n) is 3.94. The second-order valence-corrected chi connectivity index (χ2v) is 10.2. The van der Waals surface area contributed by atoms with Gasteiger partial charge in [0.05, 0.1) is 5.56 Å². The van der Waals surface area contributed by atoms with E-state index in [9.17, 15) is 17.6 Å². The van der Waals surface area contributed by atoms with Gasteiger partial charge in [0, 0.05) is 20.7 Å². The lowest BCUT2D eigenvalue weighted by Crippen LogP contribution is -1.97. The highest BCUT2D eigenvalue weighted by molar-refractivity contribution is 7.23. The van der Waals surface area contributed by atoms with Gasteiger partial charge in [-0.15, -0.1) is 22.7 Å². The molecule has 32 heavy (non-hydrogen) atoms. The summed E-state index contributed by atoms with van der Waals surface area (Å²) in [5.74, 6) is -5.41. The van der Waals surface area contributed by atoms with Crippen LogP contribution in [0.2, 0.25) is 0 Å². The molecule has 2 aromatic heterocycles. The molecule has 174 valence electrons. The SMILES string of the molecule is CCCCCCc1ccsc1-c1sc(-c2c(F)c(F)cc(F)c2F)cc1CCCCCC. The Morgan fingerprint density at radius 2 is 1.28 bits per heavy atom. The molecule has 0 radical (unpaired) electrons. The first-order chi connectivity index (χ1) is 15.5. The van der Waals surface area contributed by atoms with Crippen molar-refractivity contribution in [2.75, 3.05) is 0 Å². The van der Waals surface area contributed by atoms with E-state index in [1.165, 1.54) is 36.2 Å². The zero-order valence-electron chi connectivity index (χ0n) is 18.7. The minimum Gasteiger partial charge on any atom is -0.204 e. The molecule has 0 bridgehead atoms. The van der Waals surface area contributed by atoms with E-state index in [0.29, 0.717) is 0 Å². The Kier molecular flexibility index (Phi) is 9.35. The summed E-state index contributed by atoms with van der Waals surface area (Å²) >= 11 is 2.86. The van der Waals surface area contributed by atoms with Crippen LogP contribution in [0, 0.1) is 23.3 Å². The molecule has 0 aliphatic rings. The summed E-state index contributed by atoms with van der Waals surface area (Å²) in [5.41, 5.74) is 1.64. The molecule has 0 saturated carbocycles. The van der Waals surface area contributed by atoms with Gasteiger partial charge in [0.15, 0.2) is 23.3 Å². The van der Waals surface area contributed by atoms with Crippen LogP contribution in [0.3, 0.4) is 0 Å². The highest BCUT2D eigenvalue weighted by atomic mass is 32.1. The van der Waals surface area contributed by atoms with Crippen molar-refractivity contribution in [2.24, 2.45) is 0 Å². The molecule has 0 N–H and O–H groups in total. The molecule has 2 heterocycles. The van der Waals surface area contributed by atoms with Crippen LogP contribution in [0.4, 0.5) is 17.6 Å². The van der Waals surface area contributed by atoms with E-state index < -0.39 is 28.8 Å². The Hall–Kier alpha value is -1.66. The standard InChI is InChI=1S/C26H30F4S2/c1-3-5-7-9-11-17-13-14-31-25(17)26-18(12-10-8-6-4-2)15-21(32-26)22-23(29)19(27)16-20(28)24(22)30/h13-16H,3-12H2,1-2H3. The van der Waals surface area contributed by atoms with Crippen molar-refractivity contribution in [1.82, 2.24) is 0 Å². The van der Waals surface area contributed by atoms with Gasteiger partial charge in [-0.25, -0.2) is 17.6 Å². The van der Waals surface area contributed by atoms with Gasteiger partial charge in [-0.05, 0) is 54.3 Å². The van der Waals surface area contributed by atoms with Crippen LogP contribution in [-0.2, 0) is 12.8 Å². The zero-order chi connectivity index (χ0) is 23.1. The highest BCUT2D eigenvalue weighted by Crippen LogP contribution is 2.44. The Labute approximate surface area is 196 Å². The van der Waals surface area contributed by atoms with Gasteiger partial charge >= 0.3 is 0 Å². The summed E-state index contributed by atoms with van der Waals surface area (Å²) in [5, 5.41) is 2.05. The Morgan fingerprint density at radius 1 is 0.688 bits per heavy atom. The van der Waals surface area contributed by atoms with Crippen molar-refractivity contribution in [3.8, 4) is 20.2 Å². The maximum Gasteiger partial charge on any atom is 0.170 e. The van der Waals surface area contributed by atoms with E-state index in [4.69, 9.17) is 0 Å². The normalized spacial score (nSPS) is 11.4. The van der Waals surface area contributed by atoms with Gasteiger partial charge in [0.25, 0.3) is 0 Å². The van der Waals surface area contributed by atoms with Gasteiger partial charge in [-0.2, -0.15) is 0 Å². The number of rotatable bonds is 12. The van der Waals surface area contributed by atoms with E-state index in [-0.39, 0.29) is 10.9 Å². The van der Waals surface area contributed by atoms with Crippen LogP contribution in [0.25, 0.3) is 20.2 Å². The van der Waals surface area contributed by atoms with Gasteiger partial charge in [0.2, 0.25) is 0 Å². The number of hydrogen-bond donors (Lipinski definition) is 0. The summed E-state index contributed by atoms with van der Waals surface area (Å²) in [6, 6.07) is 4.12. The van der Waals surface area contributed by atoms with Crippen LogP contribution < -0.4 is 0 Å². The maximum absolute atomic E-state index is 14.5. The van der Waals surface area contributed by atoms with Gasteiger partial charge in [-0.1, -0.05) is 52.4 Å². The predicted octanol–water partition coefficient (Wildman–Crippen LogP) is 9.95. The third kappa shape index (κ3) is 5.82. The lowest BCUT2D eigenvalue weighted by molar-refractivity contribution is 0.458. The first kappa shape index (κ1) is 25.0. The smallest absolute Gasteiger partial charge is 0.170 e. The summed E-state index contributed by atoms with van der Waals surface area (Å²) in [4.78, 5) is 2.32. The summed E-state index contributed by atoms with van der Waals surface area (Å²) in [6.07, 6.45) is 10.7.